The Hall–Kier alpha value is -4.71. The number of nitrogens with one attached hydrogen (secondary N) is 3. The number of hydrogen-bond donors (Lipinski definition) is 3. The molecule has 3 N–H and O–H groups in total. The van der Waals surface area contributed by atoms with Crippen LogP contribution in [0, 0.1) is 6.92 Å². The summed E-state index contributed by atoms with van der Waals surface area (Å²) < 4.78 is 34.6. The van der Waals surface area contributed by atoms with Crippen molar-refractivity contribution in [3.63, 3.8) is 0 Å². The number of pyridine rings is 1. The van der Waals surface area contributed by atoms with Crippen molar-refractivity contribution in [3.05, 3.63) is 89.3 Å². The minimum Gasteiger partial charge on any atom is -0.408 e. The van der Waals surface area contributed by atoms with E-state index in [1.54, 1.807) is 43.5 Å². The molecule has 0 fully saturated rings. The molecule has 0 saturated heterocycles. The van der Waals surface area contributed by atoms with Crippen molar-refractivity contribution >= 4 is 50.0 Å². The molecule has 5 rings (SSSR count). The SMILES string of the molecule is Cc1nc(Nc2ccc(NS(=O)(=O)c3ccc4oc(=O)n(C)c4c3)cc2)cc(Nc2ccccn2)n1. The molecule has 11 nitrogen and oxygen atoms in total. The first-order chi connectivity index (χ1) is 17.3. The van der Waals surface area contributed by atoms with E-state index in [0.29, 0.717) is 45.8 Å². The Labute approximate surface area is 205 Å². The number of sulfonamides is 1. The number of anilines is 5. The highest BCUT2D eigenvalue weighted by Crippen LogP contribution is 2.24. The number of benzene rings is 2. The molecule has 3 heterocycles. The second-order valence-corrected chi connectivity index (χ2v) is 9.57. The van der Waals surface area contributed by atoms with Gasteiger partial charge in [-0.15, -0.1) is 0 Å². The van der Waals surface area contributed by atoms with Crippen LogP contribution in [-0.4, -0.2) is 27.9 Å². The van der Waals surface area contributed by atoms with Gasteiger partial charge in [-0.05, 0) is 61.5 Å². The van der Waals surface area contributed by atoms with Gasteiger partial charge >= 0.3 is 5.76 Å². The maximum atomic E-state index is 12.9. The molecule has 3 aromatic heterocycles. The molecule has 12 heteroatoms. The molecule has 0 aliphatic rings. The van der Waals surface area contributed by atoms with E-state index in [-0.39, 0.29) is 4.90 Å². The lowest BCUT2D eigenvalue weighted by atomic mass is 10.3. The topological polar surface area (TPSA) is 144 Å². The van der Waals surface area contributed by atoms with Gasteiger partial charge in [0.05, 0.1) is 10.4 Å². The standard InChI is InChI=1S/C24H21N7O4S/c1-15-26-22(14-23(27-15)29-21-5-3-4-12-25-21)28-16-6-8-17(9-7-16)30-36(33,34)18-10-11-20-19(13-18)31(2)24(32)35-20/h3-14,30H,1-2H3,(H2,25,26,27,28,29). The maximum Gasteiger partial charge on any atom is 0.419 e. The van der Waals surface area contributed by atoms with Crippen molar-refractivity contribution in [2.75, 3.05) is 15.4 Å². The van der Waals surface area contributed by atoms with Crippen LogP contribution in [0.25, 0.3) is 11.1 Å². The second kappa shape index (κ2) is 9.15. The zero-order chi connectivity index (χ0) is 25.3. The number of aromatic nitrogens is 4. The summed E-state index contributed by atoms with van der Waals surface area (Å²) in [5.74, 6) is 1.81. The zero-order valence-corrected chi connectivity index (χ0v) is 20.1. The predicted octanol–water partition coefficient (Wildman–Crippen LogP) is 3.91. The quantitative estimate of drug-likeness (QED) is 0.301. The van der Waals surface area contributed by atoms with Crippen LogP contribution >= 0.6 is 0 Å². The first-order valence-corrected chi connectivity index (χ1v) is 12.3. The molecular formula is C24H21N7O4S. The van der Waals surface area contributed by atoms with E-state index < -0.39 is 15.8 Å². The number of oxazole rings is 1. The number of hydrogen-bond acceptors (Lipinski definition) is 9. The Morgan fingerprint density at radius 1 is 0.861 bits per heavy atom. The molecule has 0 unspecified atom stereocenters. The first-order valence-electron chi connectivity index (χ1n) is 10.8. The molecule has 182 valence electrons. The van der Waals surface area contributed by atoms with Crippen LogP contribution in [0.3, 0.4) is 0 Å². The fourth-order valence-electron chi connectivity index (χ4n) is 3.52. The Kier molecular flexibility index (Phi) is 5.86. The van der Waals surface area contributed by atoms with Crippen molar-refractivity contribution in [1.29, 1.82) is 0 Å². The van der Waals surface area contributed by atoms with E-state index in [1.165, 1.54) is 29.8 Å². The molecule has 2 aromatic carbocycles. The molecule has 0 atom stereocenters. The van der Waals surface area contributed by atoms with E-state index in [2.05, 4.69) is 30.3 Å². The maximum absolute atomic E-state index is 12.9. The van der Waals surface area contributed by atoms with Crippen molar-refractivity contribution in [2.45, 2.75) is 11.8 Å². The second-order valence-electron chi connectivity index (χ2n) is 7.89. The highest BCUT2D eigenvalue weighted by molar-refractivity contribution is 7.92. The summed E-state index contributed by atoms with van der Waals surface area (Å²) in [5.41, 5.74) is 1.78. The molecule has 0 aliphatic heterocycles. The first kappa shape index (κ1) is 23.1. The fraction of sp³-hybridized carbons (Fsp3) is 0.0833. The highest BCUT2D eigenvalue weighted by Gasteiger charge is 2.17. The normalized spacial score (nSPS) is 11.4. The van der Waals surface area contributed by atoms with Crippen LogP contribution in [0.1, 0.15) is 5.82 Å². The van der Waals surface area contributed by atoms with Gasteiger partial charge in [0.25, 0.3) is 10.0 Å². The number of rotatable bonds is 7. The minimum atomic E-state index is -3.89. The average molecular weight is 504 g/mol. The van der Waals surface area contributed by atoms with Crippen LogP contribution in [0.4, 0.5) is 28.8 Å². The summed E-state index contributed by atoms with van der Waals surface area (Å²) in [7, 11) is -2.37. The lowest BCUT2D eigenvalue weighted by Gasteiger charge is -2.11. The van der Waals surface area contributed by atoms with E-state index in [1.807, 2.05) is 18.2 Å². The van der Waals surface area contributed by atoms with Crippen molar-refractivity contribution in [2.24, 2.45) is 7.05 Å². The molecule has 5 aromatic rings. The monoisotopic (exact) mass is 503 g/mol. The van der Waals surface area contributed by atoms with Gasteiger partial charge in [0.1, 0.15) is 23.3 Å². The summed E-state index contributed by atoms with van der Waals surface area (Å²) >= 11 is 0. The van der Waals surface area contributed by atoms with Gasteiger partial charge in [-0.3, -0.25) is 9.29 Å². The number of aryl methyl sites for hydroxylation is 2. The van der Waals surface area contributed by atoms with E-state index in [9.17, 15) is 13.2 Å². The van der Waals surface area contributed by atoms with Crippen LogP contribution < -0.4 is 21.1 Å². The van der Waals surface area contributed by atoms with Gasteiger partial charge in [-0.2, -0.15) is 0 Å². The largest absolute Gasteiger partial charge is 0.419 e. The third-order valence-corrected chi connectivity index (χ3v) is 6.62. The highest BCUT2D eigenvalue weighted by atomic mass is 32.2. The molecular weight excluding hydrogens is 482 g/mol. The summed E-state index contributed by atoms with van der Waals surface area (Å²) in [5, 5.41) is 6.32. The summed E-state index contributed by atoms with van der Waals surface area (Å²) in [6, 6.07) is 18.2. The summed E-state index contributed by atoms with van der Waals surface area (Å²) in [6.07, 6.45) is 1.68. The zero-order valence-electron chi connectivity index (χ0n) is 19.3. The Morgan fingerprint density at radius 3 is 2.31 bits per heavy atom. The van der Waals surface area contributed by atoms with Gasteiger partial charge in [0.2, 0.25) is 0 Å². The van der Waals surface area contributed by atoms with Crippen molar-refractivity contribution in [3.8, 4) is 0 Å². The fourth-order valence-corrected chi connectivity index (χ4v) is 4.60. The Balaban J connectivity index is 1.31. The molecule has 0 radical (unpaired) electrons. The molecule has 0 bridgehead atoms. The Morgan fingerprint density at radius 2 is 1.58 bits per heavy atom. The van der Waals surface area contributed by atoms with Gasteiger partial charge in [-0.25, -0.2) is 28.2 Å². The molecule has 0 aliphatic carbocycles. The molecule has 36 heavy (non-hydrogen) atoms. The average Bonchev–Trinajstić information content (AvgIpc) is 3.13. The van der Waals surface area contributed by atoms with Crippen LogP contribution in [0.2, 0.25) is 0 Å². The van der Waals surface area contributed by atoms with Crippen LogP contribution in [0.15, 0.2) is 87.0 Å². The molecule has 0 amide bonds. The summed E-state index contributed by atoms with van der Waals surface area (Å²) in [6.45, 7) is 1.78. The van der Waals surface area contributed by atoms with Gasteiger partial charge in [0, 0.05) is 30.7 Å². The molecule has 0 saturated carbocycles. The van der Waals surface area contributed by atoms with E-state index in [4.69, 9.17) is 4.42 Å². The van der Waals surface area contributed by atoms with Crippen molar-refractivity contribution in [1.82, 2.24) is 19.5 Å². The Bertz CT molecular complexity index is 1710. The van der Waals surface area contributed by atoms with Crippen LogP contribution in [0.5, 0.6) is 0 Å². The number of nitrogens with zero attached hydrogens (tertiary/aromatic N) is 4. The van der Waals surface area contributed by atoms with Gasteiger partial charge in [-0.1, -0.05) is 6.07 Å². The van der Waals surface area contributed by atoms with Gasteiger partial charge in [0.15, 0.2) is 5.58 Å². The van der Waals surface area contributed by atoms with E-state index in [0.717, 1.165) is 0 Å². The predicted molar refractivity (Wildman–Crippen MR) is 136 cm³/mol. The number of fused-ring (bicyclic) bond motifs is 1. The lowest BCUT2D eigenvalue weighted by molar-refractivity contribution is 0.528. The minimum absolute atomic E-state index is 0.0120. The molecule has 0 spiro atoms. The third kappa shape index (κ3) is 4.88. The smallest absolute Gasteiger partial charge is 0.408 e. The lowest BCUT2D eigenvalue weighted by Crippen LogP contribution is -2.13. The third-order valence-electron chi connectivity index (χ3n) is 5.24. The van der Waals surface area contributed by atoms with Crippen molar-refractivity contribution < 1.29 is 12.8 Å². The van der Waals surface area contributed by atoms with Gasteiger partial charge < -0.3 is 15.1 Å². The van der Waals surface area contributed by atoms with E-state index >= 15 is 0 Å². The summed E-state index contributed by atoms with van der Waals surface area (Å²) in [4.78, 5) is 24.7. The van der Waals surface area contributed by atoms with Crippen LogP contribution in [-0.2, 0) is 17.1 Å².